The van der Waals surface area contributed by atoms with Crippen molar-refractivity contribution in [1.82, 2.24) is 10.2 Å². The van der Waals surface area contributed by atoms with Crippen LogP contribution in [0, 0.1) is 6.92 Å². The number of hydrogen-bond acceptors (Lipinski definition) is 5. The first-order chi connectivity index (χ1) is 16.0. The summed E-state index contributed by atoms with van der Waals surface area (Å²) in [7, 11) is -4.35. The standard InChI is InChI=1S/C22H25ClF3N3O4S/c1-16-2-5-18(6-3-16)34(31,32)29(17-4-7-20(23)19(14-17)22(24,25)26)15-21(30)27-8-9-28-10-12-33-13-11-28/h2-7,14H,8-13,15H2,1H3,(H,27,30). The Labute approximate surface area is 201 Å². The van der Waals surface area contributed by atoms with Gasteiger partial charge < -0.3 is 10.1 Å². The van der Waals surface area contributed by atoms with Crippen LogP contribution in [0.3, 0.4) is 0 Å². The summed E-state index contributed by atoms with van der Waals surface area (Å²) in [6.07, 6.45) is -4.80. The Kier molecular flexibility index (Phi) is 8.45. The van der Waals surface area contributed by atoms with Crippen LogP contribution in [0.5, 0.6) is 0 Å². The molecule has 1 N–H and O–H groups in total. The number of nitrogens with one attached hydrogen (secondary N) is 1. The molecule has 2 aromatic rings. The van der Waals surface area contributed by atoms with Crippen molar-refractivity contribution in [2.75, 3.05) is 50.2 Å². The molecule has 0 saturated carbocycles. The predicted molar refractivity (Wildman–Crippen MR) is 122 cm³/mol. The van der Waals surface area contributed by atoms with Crippen LogP contribution in [0.25, 0.3) is 0 Å². The maximum atomic E-state index is 13.4. The van der Waals surface area contributed by atoms with Crippen molar-refractivity contribution in [2.45, 2.75) is 18.0 Å². The van der Waals surface area contributed by atoms with E-state index in [2.05, 4.69) is 10.2 Å². The van der Waals surface area contributed by atoms with Gasteiger partial charge in [0.2, 0.25) is 5.91 Å². The zero-order chi connectivity index (χ0) is 24.9. The molecule has 0 aromatic heterocycles. The number of rotatable bonds is 8. The molecule has 0 unspecified atom stereocenters. The summed E-state index contributed by atoms with van der Waals surface area (Å²) < 4.78 is 72.9. The SMILES string of the molecule is Cc1ccc(S(=O)(=O)N(CC(=O)NCCN2CCOCC2)c2ccc(Cl)c(C(F)(F)F)c2)cc1. The second-order valence-electron chi connectivity index (χ2n) is 7.79. The first kappa shape index (κ1) is 26.3. The highest BCUT2D eigenvalue weighted by Crippen LogP contribution is 2.38. The lowest BCUT2D eigenvalue weighted by molar-refractivity contribution is -0.137. The van der Waals surface area contributed by atoms with Gasteiger partial charge in [0.05, 0.1) is 34.4 Å². The smallest absolute Gasteiger partial charge is 0.379 e. The van der Waals surface area contributed by atoms with E-state index in [9.17, 15) is 26.4 Å². The molecule has 1 aliphatic rings. The first-order valence-corrected chi connectivity index (χ1v) is 12.3. The molecular weight excluding hydrogens is 495 g/mol. The number of aryl methyl sites for hydroxylation is 1. The van der Waals surface area contributed by atoms with E-state index in [0.717, 1.165) is 30.8 Å². The van der Waals surface area contributed by atoms with E-state index in [4.69, 9.17) is 16.3 Å². The average molecular weight is 520 g/mol. The van der Waals surface area contributed by atoms with Gasteiger partial charge in [0.25, 0.3) is 10.0 Å². The minimum Gasteiger partial charge on any atom is -0.379 e. The fourth-order valence-corrected chi connectivity index (χ4v) is 5.04. The van der Waals surface area contributed by atoms with Crippen molar-refractivity contribution in [2.24, 2.45) is 0 Å². The molecule has 1 fully saturated rings. The number of alkyl halides is 3. The summed E-state index contributed by atoms with van der Waals surface area (Å²) in [6, 6.07) is 8.56. The molecule has 186 valence electrons. The molecule has 1 amide bonds. The monoisotopic (exact) mass is 519 g/mol. The maximum absolute atomic E-state index is 13.4. The van der Waals surface area contributed by atoms with Crippen molar-refractivity contribution in [1.29, 1.82) is 0 Å². The predicted octanol–water partition coefficient (Wildman–Crippen LogP) is 3.31. The molecule has 0 atom stereocenters. The number of halogens is 4. The number of hydrogen-bond donors (Lipinski definition) is 1. The Morgan fingerprint density at radius 2 is 1.79 bits per heavy atom. The number of amides is 1. The van der Waals surface area contributed by atoms with Gasteiger partial charge in [-0.1, -0.05) is 29.3 Å². The summed E-state index contributed by atoms with van der Waals surface area (Å²) in [6.45, 7) is 4.49. The largest absolute Gasteiger partial charge is 0.417 e. The van der Waals surface area contributed by atoms with Gasteiger partial charge in [-0.3, -0.25) is 14.0 Å². The van der Waals surface area contributed by atoms with Crippen molar-refractivity contribution in [3.8, 4) is 0 Å². The van der Waals surface area contributed by atoms with Gasteiger partial charge in [0, 0.05) is 26.2 Å². The molecule has 0 bridgehead atoms. The summed E-state index contributed by atoms with van der Waals surface area (Å²) in [5.74, 6) is -0.646. The molecule has 34 heavy (non-hydrogen) atoms. The number of nitrogens with zero attached hydrogens (tertiary/aromatic N) is 2. The number of ether oxygens (including phenoxy) is 1. The van der Waals surface area contributed by atoms with Gasteiger partial charge in [-0.25, -0.2) is 8.42 Å². The van der Waals surface area contributed by atoms with Crippen molar-refractivity contribution >= 4 is 33.2 Å². The zero-order valence-electron chi connectivity index (χ0n) is 18.4. The van der Waals surface area contributed by atoms with Crippen LogP contribution in [0.4, 0.5) is 18.9 Å². The normalized spacial score (nSPS) is 15.2. The Morgan fingerprint density at radius 1 is 1.15 bits per heavy atom. The van der Waals surface area contributed by atoms with Crippen molar-refractivity contribution in [3.63, 3.8) is 0 Å². The number of anilines is 1. The minimum atomic E-state index is -4.80. The van der Waals surface area contributed by atoms with Gasteiger partial charge in [-0.15, -0.1) is 0 Å². The van der Waals surface area contributed by atoms with Gasteiger partial charge in [-0.2, -0.15) is 13.2 Å². The Hall–Kier alpha value is -2.34. The lowest BCUT2D eigenvalue weighted by Gasteiger charge is -2.27. The molecule has 0 spiro atoms. The van der Waals surface area contributed by atoms with Gasteiger partial charge in [-0.05, 0) is 37.3 Å². The second kappa shape index (κ2) is 10.9. The third kappa shape index (κ3) is 6.62. The van der Waals surface area contributed by atoms with Gasteiger partial charge in [0.1, 0.15) is 6.54 Å². The fraction of sp³-hybridized carbons (Fsp3) is 0.409. The van der Waals surface area contributed by atoms with Gasteiger partial charge in [0.15, 0.2) is 0 Å². The van der Waals surface area contributed by atoms with E-state index >= 15 is 0 Å². The Balaban J connectivity index is 1.86. The zero-order valence-corrected chi connectivity index (χ0v) is 20.0. The summed E-state index contributed by atoms with van der Waals surface area (Å²) >= 11 is 5.70. The average Bonchev–Trinajstić information content (AvgIpc) is 2.78. The van der Waals surface area contributed by atoms with E-state index < -0.39 is 39.2 Å². The Morgan fingerprint density at radius 3 is 2.41 bits per heavy atom. The quantitative estimate of drug-likeness (QED) is 0.579. The lowest BCUT2D eigenvalue weighted by atomic mass is 10.2. The van der Waals surface area contributed by atoms with E-state index in [-0.39, 0.29) is 17.1 Å². The lowest BCUT2D eigenvalue weighted by Crippen LogP contribution is -2.45. The van der Waals surface area contributed by atoms with E-state index in [0.29, 0.717) is 30.1 Å². The summed E-state index contributed by atoms with van der Waals surface area (Å²) in [4.78, 5) is 14.6. The maximum Gasteiger partial charge on any atom is 0.417 e. The number of benzene rings is 2. The summed E-state index contributed by atoms with van der Waals surface area (Å²) in [5, 5.41) is 2.07. The summed E-state index contributed by atoms with van der Waals surface area (Å²) in [5.41, 5.74) is -0.707. The highest BCUT2D eigenvalue weighted by Gasteiger charge is 2.35. The van der Waals surface area contributed by atoms with Crippen LogP contribution in [-0.2, 0) is 25.7 Å². The topological polar surface area (TPSA) is 79.0 Å². The van der Waals surface area contributed by atoms with Crippen LogP contribution < -0.4 is 9.62 Å². The third-order valence-electron chi connectivity index (χ3n) is 5.29. The molecule has 3 rings (SSSR count). The van der Waals surface area contributed by atoms with Crippen LogP contribution >= 0.6 is 11.6 Å². The number of carbonyl (C=O) groups is 1. The molecule has 7 nitrogen and oxygen atoms in total. The molecule has 1 aliphatic heterocycles. The number of morpholine rings is 1. The molecular formula is C22H25ClF3N3O4S. The van der Waals surface area contributed by atoms with Crippen LogP contribution in [0.2, 0.25) is 5.02 Å². The molecule has 0 radical (unpaired) electrons. The fourth-order valence-electron chi connectivity index (χ4n) is 3.40. The molecule has 1 saturated heterocycles. The van der Waals surface area contributed by atoms with E-state index in [1.165, 1.54) is 12.1 Å². The van der Waals surface area contributed by atoms with Crippen molar-refractivity contribution < 1.29 is 31.1 Å². The molecule has 12 heteroatoms. The Bertz CT molecular complexity index is 1110. The van der Waals surface area contributed by atoms with Crippen LogP contribution in [-0.4, -0.2) is 65.2 Å². The van der Waals surface area contributed by atoms with Gasteiger partial charge >= 0.3 is 6.18 Å². The molecule has 1 heterocycles. The van der Waals surface area contributed by atoms with Crippen LogP contribution in [0.15, 0.2) is 47.4 Å². The van der Waals surface area contributed by atoms with Crippen molar-refractivity contribution in [3.05, 3.63) is 58.6 Å². The van der Waals surface area contributed by atoms with Crippen LogP contribution in [0.1, 0.15) is 11.1 Å². The number of sulfonamides is 1. The van der Waals surface area contributed by atoms with E-state index in [1.54, 1.807) is 19.1 Å². The highest BCUT2D eigenvalue weighted by atomic mass is 35.5. The first-order valence-electron chi connectivity index (χ1n) is 10.5. The molecule has 0 aliphatic carbocycles. The minimum absolute atomic E-state index is 0.150. The molecule has 2 aromatic carbocycles. The highest BCUT2D eigenvalue weighted by molar-refractivity contribution is 7.92. The third-order valence-corrected chi connectivity index (χ3v) is 7.41. The van der Waals surface area contributed by atoms with E-state index in [1.807, 2.05) is 0 Å². The number of carbonyl (C=O) groups excluding carboxylic acids is 1. The second-order valence-corrected chi connectivity index (χ2v) is 10.1.